The first-order chi connectivity index (χ1) is 6.42. The van der Waals surface area contributed by atoms with E-state index in [-0.39, 0.29) is 0 Å². The molecule has 0 spiro atoms. The normalized spacial score (nSPS) is 11.4. The van der Waals surface area contributed by atoms with E-state index in [4.69, 9.17) is 0 Å². The van der Waals surface area contributed by atoms with Gasteiger partial charge in [0.15, 0.2) is 0 Å². The Morgan fingerprint density at radius 2 is 1.64 bits per heavy atom. The van der Waals surface area contributed by atoms with Gasteiger partial charge >= 0.3 is 0 Å². The molecule has 0 radical (unpaired) electrons. The van der Waals surface area contributed by atoms with Crippen molar-refractivity contribution in [1.82, 2.24) is 5.32 Å². The van der Waals surface area contributed by atoms with Crippen LogP contribution in [-0.2, 0) is 0 Å². The van der Waals surface area contributed by atoms with Crippen LogP contribution in [0.2, 0.25) is 0 Å². The summed E-state index contributed by atoms with van der Waals surface area (Å²) in [6.45, 7) is 8.19. The van der Waals surface area contributed by atoms with Gasteiger partial charge in [-0.25, -0.2) is 0 Å². The van der Waals surface area contributed by atoms with Crippen molar-refractivity contribution in [1.29, 1.82) is 0 Å². The fourth-order valence-electron chi connectivity index (χ4n) is 1.37. The lowest BCUT2D eigenvalue weighted by Crippen LogP contribution is -2.35. The standard InChI is InChI=1S/C12H27N2/c1-12(2)13-10-8-6-7-9-11-14(3,4)5/h13H,1,6-11H2,2-5H3/q+1. The highest BCUT2D eigenvalue weighted by Crippen LogP contribution is 2.02. The fraction of sp³-hybridized carbons (Fsp3) is 0.833. The van der Waals surface area contributed by atoms with E-state index in [0.29, 0.717) is 0 Å². The van der Waals surface area contributed by atoms with E-state index >= 15 is 0 Å². The molecule has 0 unspecified atom stereocenters. The van der Waals surface area contributed by atoms with Gasteiger partial charge in [-0.3, -0.25) is 0 Å². The first kappa shape index (κ1) is 13.5. The molecule has 0 heterocycles. The van der Waals surface area contributed by atoms with Gasteiger partial charge in [-0.2, -0.15) is 0 Å². The molecular weight excluding hydrogens is 172 g/mol. The molecule has 0 aromatic heterocycles. The molecule has 0 fully saturated rings. The second-order valence-corrected chi connectivity index (χ2v) is 5.14. The molecule has 0 bridgehead atoms. The predicted octanol–water partition coefficient (Wildman–Crippen LogP) is 2.38. The van der Waals surface area contributed by atoms with Crippen LogP contribution in [0.25, 0.3) is 0 Å². The molecule has 14 heavy (non-hydrogen) atoms. The molecule has 0 aliphatic heterocycles. The van der Waals surface area contributed by atoms with Gasteiger partial charge in [-0.1, -0.05) is 13.0 Å². The SMILES string of the molecule is C=C(C)NCCCCCC[N+](C)(C)C. The zero-order chi connectivity index (χ0) is 11.0. The molecule has 0 amide bonds. The number of nitrogens with one attached hydrogen (secondary N) is 1. The zero-order valence-electron chi connectivity index (χ0n) is 10.4. The van der Waals surface area contributed by atoms with Gasteiger partial charge in [-0.15, -0.1) is 0 Å². The summed E-state index contributed by atoms with van der Waals surface area (Å²) in [5.41, 5.74) is 1.08. The average molecular weight is 199 g/mol. The maximum Gasteiger partial charge on any atom is 0.0780 e. The summed E-state index contributed by atoms with van der Waals surface area (Å²) in [5.74, 6) is 0. The lowest BCUT2D eigenvalue weighted by atomic mass is 10.2. The van der Waals surface area contributed by atoms with Gasteiger partial charge in [0.25, 0.3) is 0 Å². The summed E-state index contributed by atoms with van der Waals surface area (Å²) < 4.78 is 1.09. The van der Waals surface area contributed by atoms with Gasteiger partial charge in [0.05, 0.1) is 27.7 Å². The van der Waals surface area contributed by atoms with Crippen molar-refractivity contribution in [3.8, 4) is 0 Å². The molecule has 2 heteroatoms. The molecule has 0 atom stereocenters. The fourth-order valence-corrected chi connectivity index (χ4v) is 1.37. The van der Waals surface area contributed by atoms with Crippen molar-refractivity contribution in [2.24, 2.45) is 0 Å². The topological polar surface area (TPSA) is 12.0 Å². The van der Waals surface area contributed by atoms with Crippen LogP contribution in [0.1, 0.15) is 32.6 Å². The van der Waals surface area contributed by atoms with E-state index in [9.17, 15) is 0 Å². The number of rotatable bonds is 8. The quantitative estimate of drug-likeness (QED) is 0.467. The highest BCUT2D eigenvalue weighted by Gasteiger charge is 2.04. The van der Waals surface area contributed by atoms with Crippen molar-refractivity contribution < 1.29 is 4.48 Å². The summed E-state index contributed by atoms with van der Waals surface area (Å²) in [6.07, 6.45) is 5.30. The average Bonchev–Trinajstić information content (AvgIpc) is 2.00. The van der Waals surface area contributed by atoms with Crippen LogP contribution in [0, 0.1) is 0 Å². The summed E-state index contributed by atoms with van der Waals surface area (Å²) in [5, 5.41) is 3.25. The second-order valence-electron chi connectivity index (χ2n) is 5.14. The maximum absolute atomic E-state index is 3.81. The number of allylic oxidation sites excluding steroid dienone is 1. The minimum Gasteiger partial charge on any atom is -0.389 e. The number of hydrogen-bond acceptors (Lipinski definition) is 1. The molecule has 1 N–H and O–H groups in total. The summed E-state index contributed by atoms with van der Waals surface area (Å²) >= 11 is 0. The lowest BCUT2D eigenvalue weighted by molar-refractivity contribution is -0.870. The predicted molar refractivity (Wildman–Crippen MR) is 64.2 cm³/mol. The zero-order valence-corrected chi connectivity index (χ0v) is 10.4. The molecular formula is C12H27N2+. The van der Waals surface area contributed by atoms with Crippen molar-refractivity contribution in [2.45, 2.75) is 32.6 Å². The molecule has 0 aliphatic carbocycles. The Kier molecular flexibility index (Phi) is 6.64. The highest BCUT2D eigenvalue weighted by atomic mass is 15.3. The van der Waals surface area contributed by atoms with Crippen LogP contribution in [0.4, 0.5) is 0 Å². The van der Waals surface area contributed by atoms with Gasteiger partial charge < -0.3 is 9.80 Å². The molecule has 0 saturated heterocycles. The van der Waals surface area contributed by atoms with Crippen molar-refractivity contribution >= 4 is 0 Å². The van der Waals surface area contributed by atoms with Gasteiger partial charge in [0, 0.05) is 12.2 Å². The van der Waals surface area contributed by atoms with Crippen molar-refractivity contribution in [2.75, 3.05) is 34.2 Å². The Hall–Kier alpha value is -0.500. The number of quaternary nitrogens is 1. The van der Waals surface area contributed by atoms with E-state index in [1.165, 1.54) is 32.2 Å². The molecule has 0 aromatic rings. The Balaban J connectivity index is 3.11. The summed E-state index contributed by atoms with van der Waals surface area (Å²) in [7, 11) is 6.76. The van der Waals surface area contributed by atoms with Gasteiger partial charge in [0.1, 0.15) is 0 Å². The lowest BCUT2D eigenvalue weighted by Gasteiger charge is -2.23. The Morgan fingerprint density at radius 3 is 2.14 bits per heavy atom. The van der Waals surface area contributed by atoms with E-state index in [0.717, 1.165) is 16.7 Å². The molecule has 84 valence electrons. The third-order valence-corrected chi connectivity index (χ3v) is 2.18. The Bertz CT molecular complexity index is 156. The Morgan fingerprint density at radius 1 is 1.07 bits per heavy atom. The van der Waals surface area contributed by atoms with E-state index in [1.54, 1.807) is 0 Å². The van der Waals surface area contributed by atoms with E-state index < -0.39 is 0 Å². The van der Waals surface area contributed by atoms with Crippen LogP contribution in [0.5, 0.6) is 0 Å². The minimum absolute atomic E-state index is 1.08. The summed E-state index contributed by atoms with van der Waals surface area (Å²) in [6, 6.07) is 0. The van der Waals surface area contributed by atoms with Crippen LogP contribution in [-0.4, -0.2) is 38.7 Å². The molecule has 0 rings (SSSR count). The minimum atomic E-state index is 1.08. The van der Waals surface area contributed by atoms with Crippen molar-refractivity contribution in [3.63, 3.8) is 0 Å². The van der Waals surface area contributed by atoms with Crippen LogP contribution in [0.3, 0.4) is 0 Å². The number of hydrogen-bond donors (Lipinski definition) is 1. The molecule has 0 saturated carbocycles. The van der Waals surface area contributed by atoms with Gasteiger partial charge in [-0.05, 0) is 26.2 Å². The first-order valence-corrected chi connectivity index (χ1v) is 5.61. The molecule has 2 nitrogen and oxygen atoms in total. The Labute approximate surface area is 89.6 Å². The monoisotopic (exact) mass is 199 g/mol. The number of nitrogens with zero attached hydrogens (tertiary/aromatic N) is 1. The van der Waals surface area contributed by atoms with E-state index in [1.807, 2.05) is 6.92 Å². The third kappa shape index (κ3) is 11.5. The molecule has 0 aliphatic rings. The maximum atomic E-state index is 3.81. The van der Waals surface area contributed by atoms with Gasteiger partial charge in [0.2, 0.25) is 0 Å². The smallest absolute Gasteiger partial charge is 0.0780 e. The summed E-state index contributed by atoms with van der Waals surface area (Å²) in [4.78, 5) is 0. The largest absolute Gasteiger partial charge is 0.389 e. The first-order valence-electron chi connectivity index (χ1n) is 5.61. The second kappa shape index (κ2) is 6.88. The molecule has 0 aromatic carbocycles. The number of unbranched alkanes of at least 4 members (excludes halogenated alkanes) is 3. The third-order valence-electron chi connectivity index (χ3n) is 2.18. The van der Waals surface area contributed by atoms with Crippen LogP contribution in [0.15, 0.2) is 12.3 Å². The van der Waals surface area contributed by atoms with Crippen molar-refractivity contribution in [3.05, 3.63) is 12.3 Å². The van der Waals surface area contributed by atoms with E-state index in [2.05, 4.69) is 33.0 Å². The van der Waals surface area contributed by atoms with Crippen LogP contribution < -0.4 is 5.32 Å². The van der Waals surface area contributed by atoms with Crippen LogP contribution >= 0.6 is 0 Å². The highest BCUT2D eigenvalue weighted by molar-refractivity contribution is 4.83.